The smallest absolute Gasteiger partial charge is 0.200 e. The molecule has 0 radical (unpaired) electrons. The second-order valence-corrected chi connectivity index (χ2v) is 8.92. The third-order valence-corrected chi connectivity index (χ3v) is 3.67. The molecule has 0 unspecified atom stereocenters. The Morgan fingerprint density at radius 3 is 0.857 bits per heavy atom. The van der Waals surface area contributed by atoms with Crippen LogP contribution in [0.15, 0.2) is 0 Å². The molecular weight excluding hydrogens is 264 g/mol. The highest BCUT2D eigenvalue weighted by molar-refractivity contribution is 5.66. The lowest BCUT2D eigenvalue weighted by Crippen LogP contribution is -2.28. The van der Waals surface area contributed by atoms with Crippen LogP contribution < -0.4 is 0 Å². The lowest BCUT2D eigenvalue weighted by Gasteiger charge is -2.37. The molecule has 0 spiro atoms. The molecule has 3 N–H and O–H groups in total. The van der Waals surface area contributed by atoms with E-state index in [0.717, 1.165) is 5.56 Å². The highest BCUT2D eigenvalue weighted by Crippen LogP contribution is 2.53. The van der Waals surface area contributed by atoms with Gasteiger partial charge in [-0.2, -0.15) is 0 Å². The summed E-state index contributed by atoms with van der Waals surface area (Å²) >= 11 is 0. The van der Waals surface area contributed by atoms with Crippen molar-refractivity contribution in [1.29, 1.82) is 0 Å². The number of hydrogen-bond acceptors (Lipinski definition) is 3. The van der Waals surface area contributed by atoms with Crippen molar-refractivity contribution < 1.29 is 15.3 Å². The van der Waals surface area contributed by atoms with Crippen LogP contribution in [0.4, 0.5) is 0 Å². The second kappa shape index (κ2) is 4.82. The van der Waals surface area contributed by atoms with Gasteiger partial charge >= 0.3 is 0 Å². The summed E-state index contributed by atoms with van der Waals surface area (Å²) in [5, 5.41) is 31.1. The van der Waals surface area contributed by atoms with Crippen molar-refractivity contribution in [3.8, 4) is 17.2 Å². The van der Waals surface area contributed by atoms with Crippen LogP contribution in [-0.2, 0) is 16.2 Å². The molecule has 0 atom stereocenters. The Bertz CT molecular complexity index is 509. The Labute approximate surface area is 128 Å². The van der Waals surface area contributed by atoms with Crippen LogP contribution in [0.1, 0.15) is 79.0 Å². The van der Waals surface area contributed by atoms with Crippen LogP contribution in [-0.4, -0.2) is 15.3 Å². The first-order valence-corrected chi connectivity index (χ1v) is 7.42. The lowest BCUT2D eigenvalue weighted by atomic mass is 9.68. The summed E-state index contributed by atoms with van der Waals surface area (Å²) in [5.74, 6) is -0.839. The molecule has 0 saturated heterocycles. The van der Waals surface area contributed by atoms with Crippen molar-refractivity contribution in [3.05, 3.63) is 16.7 Å². The van der Waals surface area contributed by atoms with Gasteiger partial charge in [-0.25, -0.2) is 0 Å². The van der Waals surface area contributed by atoms with Crippen molar-refractivity contribution in [1.82, 2.24) is 0 Å². The predicted molar refractivity (Wildman–Crippen MR) is 87.5 cm³/mol. The van der Waals surface area contributed by atoms with Gasteiger partial charge < -0.3 is 15.3 Å². The monoisotopic (exact) mass is 294 g/mol. The van der Waals surface area contributed by atoms with Gasteiger partial charge in [0.05, 0.1) is 0 Å². The molecule has 1 aromatic rings. The number of hydrogen-bond donors (Lipinski definition) is 3. The average Bonchev–Trinajstić information content (AvgIpc) is 2.19. The second-order valence-electron chi connectivity index (χ2n) is 8.92. The third-order valence-electron chi connectivity index (χ3n) is 3.67. The minimum atomic E-state index is -0.419. The SMILES string of the molecule is CC(C)(C)c1c(O)c(O)c(O)c(C(C)(C)C)c1C(C)(C)C. The zero-order valence-electron chi connectivity index (χ0n) is 14.8. The van der Waals surface area contributed by atoms with E-state index >= 15 is 0 Å². The Morgan fingerprint density at radius 2 is 0.667 bits per heavy atom. The van der Waals surface area contributed by atoms with Gasteiger partial charge in [-0.1, -0.05) is 62.3 Å². The molecule has 21 heavy (non-hydrogen) atoms. The third kappa shape index (κ3) is 3.12. The average molecular weight is 294 g/mol. The van der Waals surface area contributed by atoms with Crippen LogP contribution in [0.2, 0.25) is 0 Å². The van der Waals surface area contributed by atoms with Crippen LogP contribution in [0, 0.1) is 0 Å². The number of rotatable bonds is 0. The van der Waals surface area contributed by atoms with E-state index in [-0.39, 0.29) is 27.7 Å². The zero-order chi connectivity index (χ0) is 17.0. The quantitative estimate of drug-likeness (QED) is 0.608. The first-order valence-electron chi connectivity index (χ1n) is 7.42. The normalized spacial score (nSPS) is 13.6. The summed E-state index contributed by atoms with van der Waals surface area (Å²) in [5.41, 5.74) is 1.35. The number of phenolic OH excluding ortho intramolecular Hbond substituents is 3. The highest BCUT2D eigenvalue weighted by atomic mass is 16.3. The zero-order valence-corrected chi connectivity index (χ0v) is 14.8. The van der Waals surface area contributed by atoms with Crippen LogP contribution in [0.5, 0.6) is 17.2 Å². The first kappa shape index (κ1) is 17.7. The molecule has 0 amide bonds. The van der Waals surface area contributed by atoms with E-state index in [0.29, 0.717) is 11.1 Å². The van der Waals surface area contributed by atoms with Gasteiger partial charge in [0, 0.05) is 11.1 Å². The molecule has 0 saturated carbocycles. The summed E-state index contributed by atoms with van der Waals surface area (Å²) in [6.07, 6.45) is 0. The van der Waals surface area contributed by atoms with E-state index in [1.54, 1.807) is 0 Å². The highest BCUT2D eigenvalue weighted by Gasteiger charge is 2.38. The molecule has 0 aliphatic carbocycles. The molecule has 0 aromatic heterocycles. The van der Waals surface area contributed by atoms with Crippen molar-refractivity contribution in [2.75, 3.05) is 0 Å². The van der Waals surface area contributed by atoms with Gasteiger partial charge in [-0.05, 0) is 21.8 Å². The first-order chi connectivity index (χ1) is 9.10. The van der Waals surface area contributed by atoms with Crippen LogP contribution in [0.3, 0.4) is 0 Å². The van der Waals surface area contributed by atoms with E-state index in [4.69, 9.17) is 0 Å². The minimum Gasteiger partial charge on any atom is -0.504 e. The van der Waals surface area contributed by atoms with Crippen molar-refractivity contribution in [2.45, 2.75) is 78.6 Å². The van der Waals surface area contributed by atoms with Gasteiger partial charge in [-0.3, -0.25) is 0 Å². The van der Waals surface area contributed by atoms with E-state index in [1.807, 2.05) is 41.5 Å². The van der Waals surface area contributed by atoms with Gasteiger partial charge in [0.1, 0.15) is 0 Å². The maximum atomic E-state index is 10.4. The molecular formula is C18H30O3. The Kier molecular flexibility index (Phi) is 4.06. The largest absolute Gasteiger partial charge is 0.504 e. The molecule has 3 heteroatoms. The predicted octanol–water partition coefficient (Wildman–Crippen LogP) is 4.70. The summed E-state index contributed by atoms with van der Waals surface area (Å²) in [7, 11) is 0. The molecule has 1 rings (SSSR count). The van der Waals surface area contributed by atoms with Gasteiger partial charge in [0.2, 0.25) is 5.75 Å². The fourth-order valence-electron chi connectivity index (χ4n) is 2.92. The minimum absolute atomic E-state index is 0.210. The fourth-order valence-corrected chi connectivity index (χ4v) is 2.92. The van der Waals surface area contributed by atoms with E-state index in [1.165, 1.54) is 0 Å². The maximum absolute atomic E-state index is 10.4. The van der Waals surface area contributed by atoms with Crippen LogP contribution in [0.25, 0.3) is 0 Å². The van der Waals surface area contributed by atoms with Crippen LogP contribution >= 0.6 is 0 Å². The molecule has 3 nitrogen and oxygen atoms in total. The Morgan fingerprint density at radius 1 is 0.429 bits per heavy atom. The summed E-state index contributed by atoms with van der Waals surface area (Å²) in [6, 6.07) is 0. The molecule has 0 aliphatic heterocycles. The van der Waals surface area contributed by atoms with E-state index in [9.17, 15) is 15.3 Å². The Balaban J connectivity index is 4.12. The lowest BCUT2D eigenvalue weighted by molar-refractivity contribution is 0.342. The van der Waals surface area contributed by atoms with E-state index < -0.39 is 5.75 Å². The van der Waals surface area contributed by atoms with Crippen molar-refractivity contribution >= 4 is 0 Å². The molecule has 1 aromatic carbocycles. The van der Waals surface area contributed by atoms with Gasteiger partial charge in [0.25, 0.3) is 0 Å². The molecule has 0 aliphatic rings. The van der Waals surface area contributed by atoms with Crippen molar-refractivity contribution in [2.24, 2.45) is 0 Å². The Hall–Kier alpha value is -1.38. The summed E-state index contributed by atoms with van der Waals surface area (Å²) < 4.78 is 0. The maximum Gasteiger partial charge on any atom is 0.200 e. The van der Waals surface area contributed by atoms with Gasteiger partial charge in [0.15, 0.2) is 11.5 Å². The standard InChI is InChI=1S/C18H30O3/c1-16(2,3)10-11(17(4,5)6)13(19)15(21)14(20)12(10)18(7,8)9/h19-21H,1-9H3. The number of benzene rings is 1. The molecule has 0 fully saturated rings. The molecule has 120 valence electrons. The van der Waals surface area contributed by atoms with E-state index in [2.05, 4.69) is 20.8 Å². The molecule has 0 bridgehead atoms. The molecule has 0 heterocycles. The number of aromatic hydroxyl groups is 3. The van der Waals surface area contributed by atoms with Crippen molar-refractivity contribution in [3.63, 3.8) is 0 Å². The number of phenols is 3. The summed E-state index contributed by atoms with van der Waals surface area (Å²) in [6.45, 7) is 18.2. The topological polar surface area (TPSA) is 60.7 Å². The van der Waals surface area contributed by atoms with Gasteiger partial charge in [-0.15, -0.1) is 0 Å². The fraction of sp³-hybridized carbons (Fsp3) is 0.667. The summed E-state index contributed by atoms with van der Waals surface area (Å²) in [4.78, 5) is 0.